The first-order valence-electron chi connectivity index (χ1n) is 6.14. The number of aryl methyl sites for hydroxylation is 1. The third-order valence-electron chi connectivity index (χ3n) is 2.79. The summed E-state index contributed by atoms with van der Waals surface area (Å²) < 4.78 is 0. The molecule has 0 aliphatic carbocycles. The van der Waals surface area contributed by atoms with Crippen LogP contribution in [0.15, 0.2) is 34.2 Å². The van der Waals surface area contributed by atoms with Crippen LogP contribution in [0.4, 0.5) is 0 Å². The average molecular weight is 325 g/mol. The fourth-order valence-corrected chi connectivity index (χ4v) is 2.85. The van der Waals surface area contributed by atoms with Crippen molar-refractivity contribution in [1.29, 1.82) is 0 Å². The Morgan fingerprint density at radius 2 is 2.24 bits per heavy atom. The van der Waals surface area contributed by atoms with Gasteiger partial charge in [-0.3, -0.25) is 9.59 Å². The van der Waals surface area contributed by atoms with Gasteiger partial charge in [-0.05, 0) is 24.6 Å². The van der Waals surface area contributed by atoms with Gasteiger partial charge in [0.25, 0.3) is 5.56 Å². The molecule has 0 aliphatic heterocycles. The number of halogens is 1. The van der Waals surface area contributed by atoms with Crippen molar-refractivity contribution in [2.24, 2.45) is 0 Å². The van der Waals surface area contributed by atoms with E-state index in [1.807, 2.05) is 18.2 Å². The second-order valence-corrected chi connectivity index (χ2v) is 5.82. The number of rotatable bonds is 5. The maximum atomic E-state index is 11.9. The predicted octanol–water partition coefficient (Wildman–Crippen LogP) is 2.65. The number of carboxylic acid groups (broad SMARTS) is 1. The zero-order valence-corrected chi connectivity index (χ0v) is 12.8. The summed E-state index contributed by atoms with van der Waals surface area (Å²) in [6.45, 7) is 1.64. The van der Waals surface area contributed by atoms with Crippen LogP contribution in [0, 0.1) is 6.92 Å². The molecule has 1 aromatic carbocycles. The molecule has 0 fully saturated rings. The minimum atomic E-state index is -1.05. The van der Waals surface area contributed by atoms with Crippen LogP contribution in [0.3, 0.4) is 0 Å². The van der Waals surface area contributed by atoms with E-state index < -0.39 is 11.5 Å². The highest BCUT2D eigenvalue weighted by Crippen LogP contribution is 2.21. The molecule has 0 aliphatic rings. The number of aliphatic carboxylic acids is 1. The summed E-state index contributed by atoms with van der Waals surface area (Å²) in [5, 5.41) is 9.88. The molecule has 1 aromatic heterocycles. The molecule has 0 amide bonds. The first-order chi connectivity index (χ1) is 9.95. The minimum absolute atomic E-state index is 0.189. The van der Waals surface area contributed by atoms with Crippen molar-refractivity contribution in [3.63, 3.8) is 0 Å². The molecule has 2 N–H and O–H groups in total. The maximum absolute atomic E-state index is 11.9. The third-order valence-corrected chi connectivity index (χ3v) is 3.97. The highest BCUT2D eigenvalue weighted by Gasteiger charge is 2.12. The normalized spacial score (nSPS) is 10.6. The zero-order chi connectivity index (χ0) is 15.4. The van der Waals surface area contributed by atoms with Gasteiger partial charge in [0.15, 0.2) is 5.16 Å². The van der Waals surface area contributed by atoms with Crippen LogP contribution < -0.4 is 5.56 Å². The fraction of sp³-hybridized carbons (Fsp3) is 0.214. The second kappa shape index (κ2) is 6.78. The van der Waals surface area contributed by atoms with E-state index in [1.54, 1.807) is 13.0 Å². The lowest BCUT2D eigenvalue weighted by Crippen LogP contribution is -2.20. The summed E-state index contributed by atoms with van der Waals surface area (Å²) in [4.78, 5) is 29.4. The number of nitrogens with zero attached hydrogens (tertiary/aromatic N) is 1. The molecular formula is C14H13ClN2O3S. The summed E-state index contributed by atoms with van der Waals surface area (Å²) in [6.07, 6.45) is -0.326. The average Bonchev–Trinajstić information content (AvgIpc) is 2.40. The summed E-state index contributed by atoms with van der Waals surface area (Å²) in [6, 6.07) is 7.43. The van der Waals surface area contributed by atoms with Gasteiger partial charge in [-0.15, -0.1) is 0 Å². The van der Waals surface area contributed by atoms with Crippen LogP contribution in [-0.4, -0.2) is 21.0 Å². The van der Waals surface area contributed by atoms with E-state index in [4.69, 9.17) is 16.7 Å². The first kappa shape index (κ1) is 15.6. The Hall–Kier alpha value is -1.79. The van der Waals surface area contributed by atoms with E-state index in [9.17, 15) is 9.59 Å². The van der Waals surface area contributed by atoms with Crippen LogP contribution in [0.5, 0.6) is 0 Å². The van der Waals surface area contributed by atoms with Crippen LogP contribution in [0.25, 0.3) is 0 Å². The highest BCUT2D eigenvalue weighted by atomic mass is 35.5. The van der Waals surface area contributed by atoms with Crippen molar-refractivity contribution in [3.05, 3.63) is 56.5 Å². The van der Waals surface area contributed by atoms with Gasteiger partial charge in [-0.25, -0.2) is 4.98 Å². The number of carbonyl (C=O) groups is 1. The summed E-state index contributed by atoms with van der Waals surface area (Å²) in [7, 11) is 0. The van der Waals surface area contributed by atoms with Crippen molar-refractivity contribution in [3.8, 4) is 0 Å². The fourth-order valence-electron chi connectivity index (χ4n) is 1.79. The molecule has 0 spiro atoms. The van der Waals surface area contributed by atoms with Gasteiger partial charge in [0.2, 0.25) is 0 Å². The van der Waals surface area contributed by atoms with Gasteiger partial charge in [-0.2, -0.15) is 0 Å². The first-order valence-corrected chi connectivity index (χ1v) is 7.51. The lowest BCUT2D eigenvalue weighted by molar-refractivity contribution is -0.136. The summed E-state index contributed by atoms with van der Waals surface area (Å²) in [5.74, 6) is -0.439. The summed E-state index contributed by atoms with van der Waals surface area (Å²) >= 11 is 7.27. The van der Waals surface area contributed by atoms with Crippen LogP contribution in [0.2, 0.25) is 5.02 Å². The van der Waals surface area contributed by atoms with E-state index >= 15 is 0 Å². The van der Waals surface area contributed by atoms with Crippen molar-refractivity contribution >= 4 is 29.3 Å². The van der Waals surface area contributed by atoms with E-state index in [2.05, 4.69) is 9.97 Å². The van der Waals surface area contributed by atoms with Gasteiger partial charge < -0.3 is 10.1 Å². The monoisotopic (exact) mass is 324 g/mol. The zero-order valence-electron chi connectivity index (χ0n) is 11.2. The molecule has 5 nitrogen and oxygen atoms in total. The molecule has 0 saturated carbocycles. The van der Waals surface area contributed by atoms with Crippen molar-refractivity contribution in [2.75, 3.05) is 0 Å². The molecule has 2 aromatic rings. The molecule has 1 heterocycles. The number of thioether (sulfide) groups is 1. The molecule has 0 saturated heterocycles. The molecule has 0 atom stereocenters. The van der Waals surface area contributed by atoms with E-state index in [-0.39, 0.29) is 12.0 Å². The molecular weight excluding hydrogens is 312 g/mol. The Morgan fingerprint density at radius 1 is 1.48 bits per heavy atom. The number of hydrogen-bond acceptors (Lipinski definition) is 4. The molecule has 110 valence electrons. The summed E-state index contributed by atoms with van der Waals surface area (Å²) in [5.41, 5.74) is 1.24. The van der Waals surface area contributed by atoms with Gasteiger partial charge in [0, 0.05) is 22.0 Å². The second-order valence-electron chi connectivity index (χ2n) is 4.42. The van der Waals surface area contributed by atoms with E-state index in [1.165, 1.54) is 11.8 Å². The SMILES string of the molecule is Cc1nc(SCc2cccc(Cl)c2)[nH]c(=O)c1CC(=O)O. The predicted molar refractivity (Wildman–Crippen MR) is 81.9 cm³/mol. The Bertz CT molecular complexity index is 730. The number of aromatic nitrogens is 2. The lowest BCUT2D eigenvalue weighted by Gasteiger charge is -2.06. The molecule has 2 rings (SSSR count). The molecule has 21 heavy (non-hydrogen) atoms. The van der Waals surface area contributed by atoms with Gasteiger partial charge in [0.1, 0.15) is 0 Å². The smallest absolute Gasteiger partial charge is 0.308 e. The molecule has 0 radical (unpaired) electrons. The standard InChI is InChI=1S/C14H13ClN2O3S/c1-8-11(6-12(18)19)13(20)17-14(16-8)21-7-9-3-2-4-10(15)5-9/h2-5H,6-7H2,1H3,(H,18,19)(H,16,17,20). The lowest BCUT2D eigenvalue weighted by atomic mass is 10.2. The maximum Gasteiger partial charge on any atom is 0.308 e. The van der Waals surface area contributed by atoms with Gasteiger partial charge in [-0.1, -0.05) is 35.5 Å². The largest absolute Gasteiger partial charge is 0.481 e. The van der Waals surface area contributed by atoms with Crippen molar-refractivity contribution in [2.45, 2.75) is 24.3 Å². The Kier molecular flexibility index (Phi) is 5.03. The quantitative estimate of drug-likeness (QED) is 0.652. The molecule has 7 heteroatoms. The number of H-pyrrole nitrogens is 1. The van der Waals surface area contributed by atoms with Gasteiger partial charge in [0.05, 0.1) is 6.42 Å². The van der Waals surface area contributed by atoms with Gasteiger partial charge >= 0.3 is 5.97 Å². The number of hydrogen-bond donors (Lipinski definition) is 2. The Balaban J connectivity index is 2.15. The Labute approximate surface area is 130 Å². The van der Waals surface area contributed by atoms with Crippen molar-refractivity contribution < 1.29 is 9.90 Å². The third kappa shape index (κ3) is 4.34. The Morgan fingerprint density at radius 3 is 2.86 bits per heavy atom. The molecule has 0 unspecified atom stereocenters. The van der Waals surface area contributed by atoms with Crippen LogP contribution in [0.1, 0.15) is 16.8 Å². The minimum Gasteiger partial charge on any atom is -0.481 e. The number of benzene rings is 1. The van der Waals surface area contributed by atoms with E-state index in [0.29, 0.717) is 21.6 Å². The number of nitrogens with one attached hydrogen (secondary N) is 1. The number of carboxylic acids is 1. The van der Waals surface area contributed by atoms with E-state index in [0.717, 1.165) is 5.56 Å². The molecule has 0 bridgehead atoms. The van der Waals surface area contributed by atoms with Crippen LogP contribution in [-0.2, 0) is 17.0 Å². The highest BCUT2D eigenvalue weighted by molar-refractivity contribution is 7.98. The van der Waals surface area contributed by atoms with Crippen LogP contribution >= 0.6 is 23.4 Å². The van der Waals surface area contributed by atoms with Crippen molar-refractivity contribution in [1.82, 2.24) is 9.97 Å². The topological polar surface area (TPSA) is 83.0 Å². The number of aromatic amines is 1.